The molecule has 1 heterocycles. The van der Waals surface area contributed by atoms with Crippen molar-refractivity contribution in [1.29, 1.82) is 0 Å². The van der Waals surface area contributed by atoms with Crippen molar-refractivity contribution in [2.45, 2.75) is 17.7 Å². The van der Waals surface area contributed by atoms with Crippen molar-refractivity contribution in [2.75, 3.05) is 14.1 Å². The summed E-state index contributed by atoms with van der Waals surface area (Å²) < 4.78 is 2.13. The molecule has 90 valence electrons. The van der Waals surface area contributed by atoms with E-state index in [1.54, 1.807) is 23.3 Å². The number of aryl methyl sites for hydroxylation is 2. The predicted molar refractivity (Wildman–Crippen MR) is 75.5 cm³/mol. The molecular weight excluding hydrogens is 248 g/mol. The van der Waals surface area contributed by atoms with Crippen LogP contribution in [0.15, 0.2) is 40.7 Å². The van der Waals surface area contributed by atoms with E-state index in [0.29, 0.717) is 0 Å². The topological polar surface area (TPSA) is 16.1 Å². The van der Waals surface area contributed by atoms with Crippen LogP contribution in [-0.4, -0.2) is 23.4 Å². The van der Waals surface area contributed by atoms with Crippen LogP contribution in [0.4, 0.5) is 0 Å². The highest BCUT2D eigenvalue weighted by Crippen LogP contribution is 2.25. The Bertz CT molecular complexity index is 452. The van der Waals surface area contributed by atoms with Crippen molar-refractivity contribution < 1.29 is 0 Å². The Labute approximate surface area is 111 Å². The van der Waals surface area contributed by atoms with E-state index >= 15 is 0 Å². The monoisotopic (exact) mass is 264 g/mol. The molecule has 0 aliphatic rings. The lowest BCUT2D eigenvalue weighted by atomic mass is 10.1. The van der Waals surface area contributed by atoms with Crippen LogP contribution in [0.5, 0.6) is 0 Å². The van der Waals surface area contributed by atoms with Crippen LogP contribution < -0.4 is 0 Å². The fraction of sp³-hybridized carbons (Fsp3) is 0.308. The fourth-order valence-electron chi connectivity index (χ4n) is 1.61. The summed E-state index contributed by atoms with van der Waals surface area (Å²) in [7, 11) is 4.14. The molecule has 4 heteroatoms. The molecule has 0 fully saturated rings. The zero-order chi connectivity index (χ0) is 12.1. The molecule has 0 radical (unpaired) electrons. The Balaban J connectivity index is 2.04. The van der Waals surface area contributed by atoms with Crippen LogP contribution in [-0.2, 0) is 12.8 Å². The fourth-order valence-corrected chi connectivity index (χ4v) is 3.05. The molecule has 0 aliphatic heterocycles. The van der Waals surface area contributed by atoms with Gasteiger partial charge >= 0.3 is 0 Å². The summed E-state index contributed by atoms with van der Waals surface area (Å²) in [4.78, 5) is 5.66. The molecule has 0 atom stereocenters. The first-order valence-electron chi connectivity index (χ1n) is 5.57. The van der Waals surface area contributed by atoms with Gasteiger partial charge in [-0.25, -0.2) is 4.98 Å². The maximum Gasteiger partial charge on any atom is 0.0928 e. The molecule has 0 saturated carbocycles. The molecular formula is C13H16N2S2. The minimum absolute atomic E-state index is 1.03. The van der Waals surface area contributed by atoms with E-state index in [1.807, 2.05) is 11.6 Å². The van der Waals surface area contributed by atoms with Gasteiger partial charge in [-0.05, 0) is 44.1 Å². The Morgan fingerprint density at radius 1 is 1.24 bits per heavy atom. The summed E-state index contributed by atoms with van der Waals surface area (Å²) in [6.07, 6.45) is 3.97. The number of rotatable bonds is 5. The largest absolute Gasteiger partial charge is 0.253 e. The van der Waals surface area contributed by atoms with Gasteiger partial charge in [0.05, 0.1) is 5.01 Å². The highest BCUT2D eigenvalue weighted by molar-refractivity contribution is 7.97. The normalized spacial score (nSPS) is 11.0. The van der Waals surface area contributed by atoms with Gasteiger partial charge in [-0.3, -0.25) is 4.31 Å². The van der Waals surface area contributed by atoms with E-state index in [9.17, 15) is 0 Å². The zero-order valence-electron chi connectivity index (χ0n) is 10.1. The van der Waals surface area contributed by atoms with Crippen molar-refractivity contribution in [2.24, 2.45) is 0 Å². The molecule has 0 spiro atoms. The van der Waals surface area contributed by atoms with Crippen molar-refractivity contribution in [3.8, 4) is 0 Å². The average molecular weight is 264 g/mol. The highest BCUT2D eigenvalue weighted by atomic mass is 32.2. The van der Waals surface area contributed by atoms with Crippen molar-refractivity contribution in [1.82, 2.24) is 9.29 Å². The average Bonchev–Trinajstić information content (AvgIpc) is 2.80. The maximum absolute atomic E-state index is 4.32. The lowest BCUT2D eigenvalue weighted by Crippen LogP contribution is -2.01. The number of hydrogen-bond donors (Lipinski definition) is 0. The summed E-state index contributed by atoms with van der Waals surface area (Å²) in [5.74, 6) is 0. The molecule has 1 aromatic heterocycles. The first-order chi connectivity index (χ1) is 8.25. The van der Waals surface area contributed by atoms with Crippen LogP contribution >= 0.6 is 23.3 Å². The van der Waals surface area contributed by atoms with Gasteiger partial charge < -0.3 is 0 Å². The third kappa shape index (κ3) is 3.84. The van der Waals surface area contributed by atoms with Gasteiger partial charge in [-0.15, -0.1) is 11.3 Å². The number of hydrogen-bond acceptors (Lipinski definition) is 4. The first-order valence-corrected chi connectivity index (χ1v) is 7.22. The molecule has 1 aromatic carbocycles. The van der Waals surface area contributed by atoms with Gasteiger partial charge in [0.2, 0.25) is 0 Å². The smallest absolute Gasteiger partial charge is 0.0928 e. The van der Waals surface area contributed by atoms with Gasteiger partial charge in [0.1, 0.15) is 0 Å². The Morgan fingerprint density at radius 3 is 2.76 bits per heavy atom. The molecule has 0 unspecified atom stereocenters. The Morgan fingerprint density at radius 2 is 2.06 bits per heavy atom. The van der Waals surface area contributed by atoms with Crippen LogP contribution in [0.2, 0.25) is 0 Å². The van der Waals surface area contributed by atoms with E-state index in [2.05, 4.69) is 47.7 Å². The second kappa shape index (κ2) is 6.19. The van der Waals surface area contributed by atoms with Crippen molar-refractivity contribution >= 4 is 23.3 Å². The van der Waals surface area contributed by atoms with Crippen molar-refractivity contribution in [3.05, 3.63) is 46.4 Å². The zero-order valence-corrected chi connectivity index (χ0v) is 11.7. The Hall–Kier alpha value is -0.840. The van der Waals surface area contributed by atoms with Crippen LogP contribution in [0.25, 0.3) is 0 Å². The SMILES string of the molecule is CN(C)Sc1ccccc1CCc1nccs1. The number of nitrogens with zero attached hydrogens (tertiary/aromatic N) is 2. The number of thiazole rings is 1. The first kappa shape index (κ1) is 12.6. The number of benzene rings is 1. The van der Waals surface area contributed by atoms with E-state index in [-0.39, 0.29) is 0 Å². The summed E-state index contributed by atoms with van der Waals surface area (Å²) in [5, 5.41) is 3.25. The minimum atomic E-state index is 1.03. The van der Waals surface area contributed by atoms with E-state index in [1.165, 1.54) is 15.5 Å². The lowest BCUT2D eigenvalue weighted by molar-refractivity contribution is 0.701. The molecule has 0 bridgehead atoms. The van der Waals surface area contributed by atoms with E-state index < -0.39 is 0 Å². The van der Waals surface area contributed by atoms with Crippen molar-refractivity contribution in [3.63, 3.8) is 0 Å². The van der Waals surface area contributed by atoms with Gasteiger partial charge in [0.25, 0.3) is 0 Å². The molecule has 2 rings (SSSR count). The molecule has 17 heavy (non-hydrogen) atoms. The van der Waals surface area contributed by atoms with E-state index in [0.717, 1.165) is 12.8 Å². The van der Waals surface area contributed by atoms with Gasteiger partial charge in [-0.1, -0.05) is 18.2 Å². The van der Waals surface area contributed by atoms with Crippen LogP contribution in [0.3, 0.4) is 0 Å². The maximum atomic E-state index is 4.32. The van der Waals surface area contributed by atoms with Gasteiger partial charge in [0.15, 0.2) is 0 Å². The second-order valence-electron chi connectivity index (χ2n) is 3.94. The summed E-state index contributed by atoms with van der Waals surface area (Å²) in [6, 6.07) is 8.59. The summed E-state index contributed by atoms with van der Waals surface area (Å²) in [6.45, 7) is 0. The lowest BCUT2D eigenvalue weighted by Gasteiger charge is -2.12. The second-order valence-corrected chi connectivity index (χ2v) is 6.27. The quantitative estimate of drug-likeness (QED) is 0.769. The highest BCUT2D eigenvalue weighted by Gasteiger charge is 2.05. The molecule has 0 saturated heterocycles. The molecule has 0 N–H and O–H groups in total. The molecule has 0 aliphatic carbocycles. The third-order valence-electron chi connectivity index (χ3n) is 2.35. The standard InChI is InChI=1S/C13H16N2S2/c1-15(2)17-12-6-4-3-5-11(12)7-8-13-14-9-10-16-13/h3-6,9-10H,7-8H2,1-2H3. The number of aromatic nitrogens is 1. The van der Waals surface area contributed by atoms with Gasteiger partial charge in [-0.2, -0.15) is 0 Å². The minimum Gasteiger partial charge on any atom is -0.253 e. The predicted octanol–water partition coefficient (Wildman–Crippen LogP) is 3.50. The van der Waals surface area contributed by atoms with Gasteiger partial charge in [0, 0.05) is 22.9 Å². The molecule has 2 aromatic rings. The third-order valence-corrected chi connectivity index (χ3v) is 4.14. The van der Waals surface area contributed by atoms with Crippen LogP contribution in [0.1, 0.15) is 10.6 Å². The molecule has 2 nitrogen and oxygen atoms in total. The summed E-state index contributed by atoms with van der Waals surface area (Å²) in [5.41, 5.74) is 1.40. The Kier molecular flexibility index (Phi) is 4.59. The van der Waals surface area contributed by atoms with Crippen LogP contribution in [0, 0.1) is 0 Å². The van der Waals surface area contributed by atoms with E-state index in [4.69, 9.17) is 0 Å². The summed E-state index contributed by atoms with van der Waals surface area (Å²) >= 11 is 3.51. The molecule has 0 amide bonds.